The zero-order valence-corrected chi connectivity index (χ0v) is 12.8. The van der Waals surface area contributed by atoms with E-state index in [1.165, 1.54) is 13.0 Å². The smallest absolute Gasteiger partial charge is 0.254 e. The van der Waals surface area contributed by atoms with Gasteiger partial charge in [-0.05, 0) is 25.0 Å². The number of hydrogen-bond donors (Lipinski definition) is 1. The largest absolute Gasteiger partial charge is 0.368 e. The fraction of sp³-hybridized carbons (Fsp3) is 0.375. The van der Waals surface area contributed by atoms with Crippen molar-refractivity contribution in [3.8, 4) is 0 Å². The Morgan fingerprint density at radius 1 is 1.39 bits per heavy atom. The molecule has 3 rings (SSSR count). The van der Waals surface area contributed by atoms with Crippen LogP contribution in [-0.4, -0.2) is 28.1 Å². The van der Waals surface area contributed by atoms with Crippen LogP contribution in [0.1, 0.15) is 34.3 Å². The third-order valence-corrected chi connectivity index (χ3v) is 4.01. The van der Waals surface area contributed by atoms with E-state index in [2.05, 4.69) is 10.3 Å². The maximum Gasteiger partial charge on any atom is 0.254 e. The maximum atomic E-state index is 13.8. The molecular weight excluding hydrogens is 304 g/mol. The zero-order chi connectivity index (χ0) is 16.6. The number of carbonyl (C=O) groups is 1. The van der Waals surface area contributed by atoms with E-state index in [1.54, 1.807) is 12.4 Å². The number of hydrogen-bond acceptors (Lipinski definition) is 3. The van der Waals surface area contributed by atoms with Crippen LogP contribution in [0.3, 0.4) is 0 Å². The molecule has 1 aromatic carbocycles. The van der Waals surface area contributed by atoms with Crippen LogP contribution in [0.25, 0.3) is 0 Å². The van der Waals surface area contributed by atoms with Crippen molar-refractivity contribution in [1.82, 2.24) is 14.9 Å². The van der Waals surface area contributed by atoms with E-state index >= 15 is 0 Å². The van der Waals surface area contributed by atoms with E-state index < -0.39 is 17.5 Å². The monoisotopic (exact) mass is 321 g/mol. The number of amides is 1. The first-order valence-electron chi connectivity index (χ1n) is 7.32. The molecule has 0 aliphatic carbocycles. The summed E-state index contributed by atoms with van der Waals surface area (Å²) in [4.78, 5) is 16.6. The number of halogens is 2. The number of nitrogens with one attached hydrogen (secondary N) is 1. The van der Waals surface area contributed by atoms with Crippen molar-refractivity contribution in [1.29, 1.82) is 0 Å². The highest BCUT2D eigenvalue weighted by Gasteiger charge is 2.34. The van der Waals surface area contributed by atoms with Crippen LogP contribution in [0.4, 0.5) is 8.78 Å². The molecule has 1 N–H and O–H groups in total. The number of aromatic nitrogens is 2. The first kappa shape index (κ1) is 15.6. The summed E-state index contributed by atoms with van der Waals surface area (Å²) in [5.74, 6) is -1.43. The standard InChI is InChI=1S/C16H17F2N3O2/c1-9-7-10(12(18)8-11(9)17)16(22)20-13-3-6-23-14(13)15-19-4-5-21(15)2/h4-5,7-8,13-14H,3,6H2,1-2H3,(H,20,22)/t13-,14-/m0/s1. The molecule has 122 valence electrons. The molecule has 23 heavy (non-hydrogen) atoms. The predicted molar refractivity (Wildman–Crippen MR) is 78.9 cm³/mol. The van der Waals surface area contributed by atoms with Crippen molar-refractivity contribution in [2.45, 2.75) is 25.5 Å². The van der Waals surface area contributed by atoms with Crippen LogP contribution >= 0.6 is 0 Å². The second kappa shape index (κ2) is 6.08. The van der Waals surface area contributed by atoms with E-state index in [-0.39, 0.29) is 23.3 Å². The summed E-state index contributed by atoms with van der Waals surface area (Å²) in [6, 6.07) is 1.63. The lowest BCUT2D eigenvalue weighted by Crippen LogP contribution is -2.38. The summed E-state index contributed by atoms with van der Waals surface area (Å²) >= 11 is 0. The molecule has 0 saturated carbocycles. The van der Waals surface area contributed by atoms with Crippen molar-refractivity contribution in [2.75, 3.05) is 6.61 Å². The van der Waals surface area contributed by atoms with Gasteiger partial charge in [0, 0.05) is 32.1 Å². The van der Waals surface area contributed by atoms with Crippen LogP contribution in [0.5, 0.6) is 0 Å². The van der Waals surface area contributed by atoms with Crippen molar-refractivity contribution in [3.05, 3.63) is 53.1 Å². The molecule has 2 heterocycles. The molecule has 1 aliphatic rings. The number of carbonyl (C=O) groups excluding carboxylic acids is 1. The molecule has 0 unspecified atom stereocenters. The lowest BCUT2D eigenvalue weighted by Gasteiger charge is -2.20. The van der Waals surface area contributed by atoms with Gasteiger partial charge >= 0.3 is 0 Å². The van der Waals surface area contributed by atoms with Gasteiger partial charge in [-0.1, -0.05) is 0 Å². The van der Waals surface area contributed by atoms with Gasteiger partial charge in [0.05, 0.1) is 11.6 Å². The molecule has 7 heteroatoms. The first-order chi connectivity index (χ1) is 11.0. The number of aryl methyl sites for hydroxylation is 2. The molecule has 1 amide bonds. The van der Waals surface area contributed by atoms with Crippen LogP contribution in [-0.2, 0) is 11.8 Å². The fourth-order valence-electron chi connectivity index (χ4n) is 2.72. The average molecular weight is 321 g/mol. The van der Waals surface area contributed by atoms with Gasteiger partial charge in [0.1, 0.15) is 23.6 Å². The Bertz CT molecular complexity index is 745. The van der Waals surface area contributed by atoms with Gasteiger partial charge in [0.2, 0.25) is 0 Å². The van der Waals surface area contributed by atoms with Crippen LogP contribution in [0.15, 0.2) is 24.5 Å². The Morgan fingerprint density at radius 2 is 2.17 bits per heavy atom. The lowest BCUT2D eigenvalue weighted by molar-refractivity contribution is 0.0776. The number of rotatable bonds is 3. The molecule has 0 bridgehead atoms. The zero-order valence-electron chi connectivity index (χ0n) is 12.8. The van der Waals surface area contributed by atoms with E-state index in [9.17, 15) is 13.6 Å². The topological polar surface area (TPSA) is 56.1 Å². The Morgan fingerprint density at radius 3 is 2.87 bits per heavy atom. The molecule has 0 spiro atoms. The summed E-state index contributed by atoms with van der Waals surface area (Å²) < 4.78 is 34.6. The average Bonchev–Trinajstić information content (AvgIpc) is 3.11. The number of ether oxygens (including phenoxy) is 1. The predicted octanol–water partition coefficient (Wildman–Crippen LogP) is 2.27. The molecule has 0 radical (unpaired) electrons. The summed E-state index contributed by atoms with van der Waals surface area (Å²) in [7, 11) is 1.84. The quantitative estimate of drug-likeness (QED) is 0.943. The van der Waals surface area contributed by atoms with Crippen molar-refractivity contribution >= 4 is 5.91 Å². The molecule has 2 aromatic rings. The molecule has 1 aromatic heterocycles. The van der Waals surface area contributed by atoms with E-state index in [0.29, 0.717) is 18.9 Å². The van der Waals surface area contributed by atoms with Crippen molar-refractivity contribution < 1.29 is 18.3 Å². The highest BCUT2D eigenvalue weighted by molar-refractivity contribution is 5.94. The minimum atomic E-state index is -0.877. The van der Waals surface area contributed by atoms with E-state index in [1.807, 2.05) is 11.6 Å². The Hall–Kier alpha value is -2.28. The molecule has 1 aliphatic heterocycles. The minimum absolute atomic E-state index is 0.172. The molecule has 5 nitrogen and oxygen atoms in total. The SMILES string of the molecule is Cc1cc(C(=O)N[C@H]2CCO[C@@H]2c2nccn2C)c(F)cc1F. The van der Waals surface area contributed by atoms with Gasteiger partial charge in [-0.25, -0.2) is 13.8 Å². The minimum Gasteiger partial charge on any atom is -0.368 e. The summed E-state index contributed by atoms with van der Waals surface area (Å²) in [6.07, 6.45) is 3.66. The Labute approximate surface area is 132 Å². The van der Waals surface area contributed by atoms with Crippen LogP contribution in [0.2, 0.25) is 0 Å². The second-order valence-electron chi connectivity index (χ2n) is 5.64. The normalized spacial score (nSPS) is 20.7. The van der Waals surface area contributed by atoms with Crippen LogP contribution in [0, 0.1) is 18.6 Å². The fourth-order valence-corrected chi connectivity index (χ4v) is 2.72. The van der Waals surface area contributed by atoms with E-state index in [0.717, 1.165) is 6.07 Å². The van der Waals surface area contributed by atoms with Gasteiger partial charge in [0.25, 0.3) is 5.91 Å². The number of benzene rings is 1. The van der Waals surface area contributed by atoms with E-state index in [4.69, 9.17) is 4.74 Å². The van der Waals surface area contributed by atoms with Crippen LogP contribution < -0.4 is 5.32 Å². The summed E-state index contributed by atoms with van der Waals surface area (Å²) in [5, 5.41) is 2.77. The van der Waals surface area contributed by atoms with Crippen molar-refractivity contribution in [3.63, 3.8) is 0 Å². The molecular formula is C16H17F2N3O2. The van der Waals surface area contributed by atoms with Gasteiger partial charge in [-0.2, -0.15) is 0 Å². The highest BCUT2D eigenvalue weighted by atomic mass is 19.1. The molecule has 2 atom stereocenters. The molecule has 1 fully saturated rings. The second-order valence-corrected chi connectivity index (χ2v) is 5.64. The van der Waals surface area contributed by atoms with Gasteiger partial charge < -0.3 is 14.6 Å². The molecule has 1 saturated heterocycles. The van der Waals surface area contributed by atoms with Gasteiger partial charge in [-0.15, -0.1) is 0 Å². The Balaban J connectivity index is 1.80. The third-order valence-electron chi connectivity index (χ3n) is 4.01. The first-order valence-corrected chi connectivity index (χ1v) is 7.32. The lowest BCUT2D eigenvalue weighted by atomic mass is 10.1. The van der Waals surface area contributed by atoms with Crippen molar-refractivity contribution in [2.24, 2.45) is 7.05 Å². The van der Waals surface area contributed by atoms with Gasteiger partial charge in [-0.3, -0.25) is 4.79 Å². The highest BCUT2D eigenvalue weighted by Crippen LogP contribution is 2.28. The number of imidazole rings is 1. The summed E-state index contributed by atoms with van der Waals surface area (Å²) in [5.41, 5.74) is 0.0502. The third kappa shape index (κ3) is 2.96. The van der Waals surface area contributed by atoms with Gasteiger partial charge in [0.15, 0.2) is 0 Å². The number of nitrogens with zero attached hydrogens (tertiary/aromatic N) is 2. The maximum absolute atomic E-state index is 13.8. The summed E-state index contributed by atoms with van der Waals surface area (Å²) in [6.45, 7) is 1.97. The Kier molecular flexibility index (Phi) is 4.12.